The lowest BCUT2D eigenvalue weighted by Crippen LogP contribution is -2.07. The van der Waals surface area contributed by atoms with Gasteiger partial charge in [0.2, 0.25) is 0 Å². The van der Waals surface area contributed by atoms with Crippen LogP contribution >= 0.6 is 0 Å². The number of aromatic nitrogens is 3. The average molecular weight is 256 g/mol. The van der Waals surface area contributed by atoms with Crippen LogP contribution in [0.3, 0.4) is 0 Å². The molecule has 0 atom stereocenters. The number of benzene rings is 1. The first-order chi connectivity index (χ1) is 8.29. The van der Waals surface area contributed by atoms with Gasteiger partial charge in [-0.15, -0.1) is 0 Å². The molecule has 0 bridgehead atoms. The Morgan fingerprint density at radius 1 is 1.28 bits per heavy atom. The summed E-state index contributed by atoms with van der Waals surface area (Å²) in [7, 11) is 1.61. The normalized spacial score (nSPS) is 11.8. The molecule has 0 unspecified atom stereocenters. The standard InChI is InChI=1S/C11H11F3N4/c1-6-16-10(18(2)17-6)8-5-7(11(12,13)14)3-4-9(8)15/h3-5H,15H2,1-2H3. The SMILES string of the molecule is Cc1nc(-c2cc(C(F)(F)F)ccc2N)n(C)n1. The molecule has 0 spiro atoms. The minimum Gasteiger partial charge on any atom is -0.398 e. The molecule has 4 nitrogen and oxygen atoms in total. The molecule has 0 fully saturated rings. The number of hydrogen-bond donors (Lipinski definition) is 1. The lowest BCUT2D eigenvalue weighted by Gasteiger charge is -2.10. The summed E-state index contributed by atoms with van der Waals surface area (Å²) < 4.78 is 39.3. The topological polar surface area (TPSA) is 56.7 Å². The molecule has 1 aromatic heterocycles. The van der Waals surface area contributed by atoms with Gasteiger partial charge in [0.25, 0.3) is 0 Å². The first-order valence-corrected chi connectivity index (χ1v) is 5.14. The maximum atomic E-state index is 12.6. The Morgan fingerprint density at radius 2 is 1.94 bits per heavy atom. The van der Waals surface area contributed by atoms with Gasteiger partial charge in [-0.3, -0.25) is 0 Å². The smallest absolute Gasteiger partial charge is 0.398 e. The molecule has 0 saturated carbocycles. The van der Waals surface area contributed by atoms with Gasteiger partial charge in [0.05, 0.1) is 5.56 Å². The van der Waals surface area contributed by atoms with Crippen molar-refractivity contribution in [2.75, 3.05) is 5.73 Å². The van der Waals surface area contributed by atoms with E-state index in [1.807, 2.05) is 0 Å². The first kappa shape index (κ1) is 12.4. The van der Waals surface area contributed by atoms with Crippen LogP contribution in [-0.4, -0.2) is 14.8 Å². The predicted octanol–water partition coefficient (Wildman–Crippen LogP) is 2.39. The predicted molar refractivity (Wildman–Crippen MR) is 60.6 cm³/mol. The van der Waals surface area contributed by atoms with E-state index in [1.165, 1.54) is 10.7 Å². The third kappa shape index (κ3) is 2.15. The van der Waals surface area contributed by atoms with Crippen LogP contribution in [0.2, 0.25) is 0 Å². The zero-order chi connectivity index (χ0) is 13.5. The fourth-order valence-corrected chi connectivity index (χ4v) is 1.67. The van der Waals surface area contributed by atoms with E-state index < -0.39 is 11.7 Å². The Balaban J connectivity index is 2.60. The van der Waals surface area contributed by atoms with Gasteiger partial charge in [0, 0.05) is 18.3 Å². The van der Waals surface area contributed by atoms with E-state index in [2.05, 4.69) is 10.1 Å². The molecule has 2 rings (SSSR count). The molecule has 0 aliphatic carbocycles. The summed E-state index contributed by atoms with van der Waals surface area (Å²) in [6, 6.07) is 3.16. The molecule has 7 heteroatoms. The van der Waals surface area contributed by atoms with E-state index in [-0.39, 0.29) is 11.3 Å². The van der Waals surface area contributed by atoms with Gasteiger partial charge in [-0.2, -0.15) is 18.3 Å². The summed E-state index contributed by atoms with van der Waals surface area (Å²) in [5.41, 5.74) is 5.40. The monoisotopic (exact) mass is 256 g/mol. The van der Waals surface area contributed by atoms with Crippen LogP contribution in [0.1, 0.15) is 11.4 Å². The Hall–Kier alpha value is -2.05. The van der Waals surface area contributed by atoms with Crippen molar-refractivity contribution < 1.29 is 13.2 Å². The average Bonchev–Trinajstić information content (AvgIpc) is 2.56. The largest absolute Gasteiger partial charge is 0.416 e. The molecule has 1 heterocycles. The highest BCUT2D eigenvalue weighted by molar-refractivity contribution is 5.72. The number of nitrogen functional groups attached to an aromatic ring is 1. The van der Waals surface area contributed by atoms with Crippen LogP contribution in [0.15, 0.2) is 18.2 Å². The van der Waals surface area contributed by atoms with E-state index >= 15 is 0 Å². The highest BCUT2D eigenvalue weighted by atomic mass is 19.4. The molecular formula is C11H11F3N4. The number of hydrogen-bond acceptors (Lipinski definition) is 3. The number of anilines is 1. The molecule has 2 aromatic rings. The molecule has 0 amide bonds. The van der Waals surface area contributed by atoms with Crippen molar-refractivity contribution in [3.63, 3.8) is 0 Å². The summed E-state index contributed by atoms with van der Waals surface area (Å²) >= 11 is 0. The summed E-state index contributed by atoms with van der Waals surface area (Å²) in [6.45, 7) is 1.66. The van der Waals surface area contributed by atoms with E-state index in [0.717, 1.165) is 12.1 Å². The molecule has 0 saturated heterocycles. The van der Waals surface area contributed by atoms with Gasteiger partial charge in [-0.05, 0) is 25.1 Å². The highest BCUT2D eigenvalue weighted by Gasteiger charge is 2.31. The summed E-state index contributed by atoms with van der Waals surface area (Å²) in [4.78, 5) is 4.07. The first-order valence-electron chi connectivity index (χ1n) is 5.14. The van der Waals surface area contributed by atoms with Gasteiger partial charge in [-0.1, -0.05) is 0 Å². The third-order valence-electron chi connectivity index (χ3n) is 2.49. The number of aryl methyl sites for hydroxylation is 2. The van der Waals surface area contributed by atoms with Gasteiger partial charge >= 0.3 is 6.18 Å². The number of halogens is 3. The Kier molecular flexibility index (Phi) is 2.76. The lowest BCUT2D eigenvalue weighted by molar-refractivity contribution is -0.137. The van der Waals surface area contributed by atoms with E-state index in [1.54, 1.807) is 14.0 Å². The Bertz CT molecular complexity index is 586. The van der Waals surface area contributed by atoms with Crippen molar-refractivity contribution in [3.8, 4) is 11.4 Å². The van der Waals surface area contributed by atoms with Crippen LogP contribution in [0, 0.1) is 6.92 Å². The van der Waals surface area contributed by atoms with Crippen LogP contribution in [0.5, 0.6) is 0 Å². The van der Waals surface area contributed by atoms with Crippen LogP contribution in [0.25, 0.3) is 11.4 Å². The minimum atomic E-state index is -4.41. The lowest BCUT2D eigenvalue weighted by atomic mass is 10.1. The molecule has 18 heavy (non-hydrogen) atoms. The van der Waals surface area contributed by atoms with Gasteiger partial charge in [0.15, 0.2) is 5.82 Å². The number of rotatable bonds is 1. The second-order valence-corrected chi connectivity index (χ2v) is 3.91. The van der Waals surface area contributed by atoms with Crippen molar-refractivity contribution in [3.05, 3.63) is 29.6 Å². The van der Waals surface area contributed by atoms with Gasteiger partial charge < -0.3 is 5.73 Å². The molecule has 96 valence electrons. The summed E-state index contributed by atoms with van der Waals surface area (Å²) in [5, 5.41) is 3.99. The molecular weight excluding hydrogens is 245 g/mol. The van der Waals surface area contributed by atoms with Crippen molar-refractivity contribution in [2.45, 2.75) is 13.1 Å². The molecule has 2 N–H and O–H groups in total. The summed E-state index contributed by atoms with van der Waals surface area (Å²) in [6.07, 6.45) is -4.41. The Labute approximate surface area is 101 Å². The van der Waals surface area contributed by atoms with Crippen molar-refractivity contribution in [1.82, 2.24) is 14.8 Å². The fourth-order valence-electron chi connectivity index (χ4n) is 1.67. The second-order valence-electron chi connectivity index (χ2n) is 3.91. The van der Waals surface area contributed by atoms with Crippen LogP contribution < -0.4 is 5.73 Å². The molecule has 1 aromatic carbocycles. The number of nitrogens with two attached hydrogens (primary N) is 1. The minimum absolute atomic E-state index is 0.230. The van der Waals surface area contributed by atoms with Crippen LogP contribution in [0.4, 0.5) is 18.9 Å². The zero-order valence-electron chi connectivity index (χ0n) is 9.78. The van der Waals surface area contributed by atoms with Crippen LogP contribution in [-0.2, 0) is 13.2 Å². The van der Waals surface area contributed by atoms with Crippen molar-refractivity contribution in [2.24, 2.45) is 7.05 Å². The molecule has 0 aliphatic heterocycles. The van der Waals surface area contributed by atoms with Gasteiger partial charge in [-0.25, -0.2) is 9.67 Å². The fraction of sp³-hybridized carbons (Fsp3) is 0.273. The third-order valence-corrected chi connectivity index (χ3v) is 2.49. The number of alkyl halides is 3. The van der Waals surface area contributed by atoms with E-state index in [9.17, 15) is 13.2 Å². The van der Waals surface area contributed by atoms with E-state index in [4.69, 9.17) is 5.73 Å². The zero-order valence-corrected chi connectivity index (χ0v) is 9.78. The molecule has 0 radical (unpaired) electrons. The van der Waals surface area contributed by atoms with Crippen molar-refractivity contribution in [1.29, 1.82) is 0 Å². The van der Waals surface area contributed by atoms with E-state index in [0.29, 0.717) is 11.6 Å². The molecule has 0 aliphatic rings. The van der Waals surface area contributed by atoms with Crippen molar-refractivity contribution >= 4 is 5.69 Å². The quantitative estimate of drug-likeness (QED) is 0.797. The maximum Gasteiger partial charge on any atom is 0.416 e. The Morgan fingerprint density at radius 3 is 2.44 bits per heavy atom. The second kappa shape index (κ2) is 4.01. The highest BCUT2D eigenvalue weighted by Crippen LogP contribution is 2.34. The summed E-state index contributed by atoms with van der Waals surface area (Å²) in [5.74, 6) is 0.792. The number of nitrogens with zero attached hydrogens (tertiary/aromatic N) is 3. The van der Waals surface area contributed by atoms with Gasteiger partial charge in [0.1, 0.15) is 5.82 Å². The maximum absolute atomic E-state index is 12.6.